The van der Waals surface area contributed by atoms with Crippen molar-refractivity contribution in [2.24, 2.45) is 0 Å². The highest BCUT2D eigenvalue weighted by Gasteiger charge is 2.12. The molecule has 1 N–H and O–H groups in total. The van der Waals surface area contributed by atoms with E-state index in [0.717, 1.165) is 26.0 Å². The first-order chi connectivity index (χ1) is 8.22. The molecule has 2 unspecified atom stereocenters. The van der Waals surface area contributed by atoms with Crippen molar-refractivity contribution in [2.45, 2.75) is 45.7 Å². The van der Waals surface area contributed by atoms with Crippen LogP contribution in [0.1, 0.15) is 51.3 Å². The summed E-state index contributed by atoms with van der Waals surface area (Å²) in [5, 5.41) is 7.91. The summed E-state index contributed by atoms with van der Waals surface area (Å²) in [7, 11) is 1.74. The summed E-state index contributed by atoms with van der Waals surface area (Å²) in [5.74, 6) is 0. The smallest absolute Gasteiger partial charge is 0.0537 e. The minimum Gasteiger partial charge on any atom is -0.385 e. The lowest BCUT2D eigenvalue weighted by Crippen LogP contribution is -2.19. The van der Waals surface area contributed by atoms with E-state index in [1.807, 2.05) is 10.9 Å². The molecule has 4 heteroatoms. The average Bonchev–Trinajstić information content (AvgIpc) is 2.82. The van der Waals surface area contributed by atoms with Gasteiger partial charge in [-0.2, -0.15) is 5.10 Å². The first-order valence-electron chi connectivity index (χ1n) is 6.49. The van der Waals surface area contributed by atoms with Crippen molar-refractivity contribution < 1.29 is 4.74 Å². The quantitative estimate of drug-likeness (QED) is 0.757. The highest BCUT2D eigenvalue weighted by Crippen LogP contribution is 2.18. The van der Waals surface area contributed by atoms with Crippen LogP contribution >= 0.6 is 0 Å². The first kappa shape index (κ1) is 14.2. The number of rotatable bonds is 8. The van der Waals surface area contributed by atoms with Crippen LogP contribution in [0.4, 0.5) is 0 Å². The summed E-state index contributed by atoms with van der Waals surface area (Å²) in [6.45, 7) is 8.26. The molecular weight excluding hydrogens is 214 g/mol. The zero-order valence-electron chi connectivity index (χ0n) is 11.4. The van der Waals surface area contributed by atoms with Gasteiger partial charge in [-0.05, 0) is 26.3 Å². The van der Waals surface area contributed by atoms with Gasteiger partial charge in [0, 0.05) is 31.5 Å². The molecule has 0 amide bonds. The molecule has 4 nitrogen and oxygen atoms in total. The number of hydrogen-bond acceptors (Lipinski definition) is 3. The molecule has 0 bridgehead atoms. The molecule has 0 aliphatic heterocycles. The number of nitrogens with zero attached hydrogens (tertiary/aromatic N) is 2. The lowest BCUT2D eigenvalue weighted by Gasteiger charge is -2.14. The summed E-state index contributed by atoms with van der Waals surface area (Å²) >= 11 is 0. The van der Waals surface area contributed by atoms with Crippen molar-refractivity contribution in [1.29, 1.82) is 0 Å². The van der Waals surface area contributed by atoms with Gasteiger partial charge < -0.3 is 10.1 Å². The van der Waals surface area contributed by atoms with Crippen LogP contribution < -0.4 is 5.32 Å². The number of aromatic nitrogens is 2. The van der Waals surface area contributed by atoms with Gasteiger partial charge in [0.15, 0.2) is 0 Å². The molecule has 98 valence electrons. The van der Waals surface area contributed by atoms with Crippen molar-refractivity contribution in [3.63, 3.8) is 0 Å². The van der Waals surface area contributed by atoms with E-state index in [4.69, 9.17) is 4.74 Å². The topological polar surface area (TPSA) is 39.1 Å². The molecule has 0 aromatic carbocycles. The maximum atomic E-state index is 5.09. The van der Waals surface area contributed by atoms with Gasteiger partial charge >= 0.3 is 0 Å². The lowest BCUT2D eigenvalue weighted by atomic mass is 10.1. The van der Waals surface area contributed by atoms with Crippen LogP contribution in [0.25, 0.3) is 0 Å². The molecule has 2 atom stereocenters. The standard InChI is InChI=1S/C13H25N3O/c1-5-13(14-6-2)12-9-15-16(10-12)11(3)7-8-17-4/h9-11,13-14H,5-8H2,1-4H3. The van der Waals surface area contributed by atoms with Crippen LogP contribution in [0.3, 0.4) is 0 Å². The highest BCUT2D eigenvalue weighted by molar-refractivity contribution is 5.10. The fraction of sp³-hybridized carbons (Fsp3) is 0.769. The fourth-order valence-corrected chi connectivity index (χ4v) is 1.94. The Morgan fingerprint density at radius 3 is 2.82 bits per heavy atom. The molecule has 1 heterocycles. The Morgan fingerprint density at radius 2 is 2.24 bits per heavy atom. The number of ether oxygens (including phenoxy) is 1. The Morgan fingerprint density at radius 1 is 1.47 bits per heavy atom. The molecule has 17 heavy (non-hydrogen) atoms. The Hall–Kier alpha value is -0.870. The minimum atomic E-state index is 0.392. The summed E-state index contributed by atoms with van der Waals surface area (Å²) in [4.78, 5) is 0. The van der Waals surface area contributed by atoms with E-state index in [1.165, 1.54) is 5.56 Å². The summed E-state index contributed by atoms with van der Waals surface area (Å²) in [6, 6.07) is 0.811. The van der Waals surface area contributed by atoms with Gasteiger partial charge in [0.2, 0.25) is 0 Å². The molecule has 0 saturated heterocycles. The molecule has 0 radical (unpaired) electrons. The Bertz CT molecular complexity index is 311. The van der Waals surface area contributed by atoms with E-state index in [9.17, 15) is 0 Å². The SMILES string of the molecule is CCNC(CC)c1cnn(C(C)CCOC)c1. The maximum Gasteiger partial charge on any atom is 0.0537 e. The molecule has 1 aromatic heterocycles. The van der Waals surface area contributed by atoms with E-state index < -0.39 is 0 Å². The summed E-state index contributed by atoms with van der Waals surface area (Å²) in [5.41, 5.74) is 1.28. The van der Waals surface area contributed by atoms with E-state index in [-0.39, 0.29) is 0 Å². The number of hydrogen-bond donors (Lipinski definition) is 1. The van der Waals surface area contributed by atoms with Gasteiger partial charge in [-0.1, -0.05) is 13.8 Å². The third kappa shape index (κ3) is 4.13. The van der Waals surface area contributed by atoms with E-state index >= 15 is 0 Å². The zero-order valence-corrected chi connectivity index (χ0v) is 11.4. The third-order valence-electron chi connectivity index (χ3n) is 3.07. The van der Waals surface area contributed by atoms with Crippen molar-refractivity contribution in [3.8, 4) is 0 Å². The second kappa shape index (κ2) is 7.45. The number of methoxy groups -OCH3 is 1. The largest absolute Gasteiger partial charge is 0.385 e. The summed E-state index contributed by atoms with van der Waals surface area (Å²) in [6.07, 6.45) is 6.21. The van der Waals surface area contributed by atoms with Crippen LogP contribution in [-0.2, 0) is 4.74 Å². The maximum absolute atomic E-state index is 5.09. The van der Waals surface area contributed by atoms with Crippen LogP contribution in [0.5, 0.6) is 0 Å². The lowest BCUT2D eigenvalue weighted by molar-refractivity contribution is 0.178. The van der Waals surface area contributed by atoms with E-state index in [2.05, 4.69) is 37.4 Å². The third-order valence-corrected chi connectivity index (χ3v) is 3.07. The number of nitrogens with one attached hydrogen (secondary N) is 1. The molecule has 1 aromatic rings. The minimum absolute atomic E-state index is 0.392. The molecule has 0 aliphatic rings. The van der Waals surface area contributed by atoms with Crippen molar-refractivity contribution in [1.82, 2.24) is 15.1 Å². The second-order valence-corrected chi connectivity index (χ2v) is 4.40. The van der Waals surface area contributed by atoms with Crippen molar-refractivity contribution >= 4 is 0 Å². The molecular formula is C13H25N3O. The van der Waals surface area contributed by atoms with Gasteiger partial charge in [0.1, 0.15) is 0 Å². The molecule has 1 rings (SSSR count). The second-order valence-electron chi connectivity index (χ2n) is 4.40. The average molecular weight is 239 g/mol. The Balaban J connectivity index is 2.62. The van der Waals surface area contributed by atoms with Crippen LogP contribution in [0.2, 0.25) is 0 Å². The first-order valence-corrected chi connectivity index (χ1v) is 6.49. The van der Waals surface area contributed by atoms with E-state index in [0.29, 0.717) is 12.1 Å². The van der Waals surface area contributed by atoms with Crippen LogP contribution in [-0.4, -0.2) is 30.0 Å². The van der Waals surface area contributed by atoms with Crippen molar-refractivity contribution in [2.75, 3.05) is 20.3 Å². The highest BCUT2D eigenvalue weighted by atomic mass is 16.5. The molecule has 0 fully saturated rings. The van der Waals surface area contributed by atoms with Crippen molar-refractivity contribution in [3.05, 3.63) is 18.0 Å². The Kier molecular flexibility index (Phi) is 6.22. The van der Waals surface area contributed by atoms with Gasteiger partial charge in [-0.25, -0.2) is 0 Å². The predicted molar refractivity (Wildman–Crippen MR) is 70.1 cm³/mol. The molecule has 0 aliphatic carbocycles. The monoisotopic (exact) mass is 239 g/mol. The Labute approximate surface area is 104 Å². The van der Waals surface area contributed by atoms with Gasteiger partial charge in [-0.15, -0.1) is 0 Å². The van der Waals surface area contributed by atoms with E-state index in [1.54, 1.807) is 7.11 Å². The van der Waals surface area contributed by atoms with Gasteiger partial charge in [-0.3, -0.25) is 4.68 Å². The normalized spacial score (nSPS) is 14.8. The van der Waals surface area contributed by atoms with Gasteiger partial charge in [0.05, 0.1) is 12.2 Å². The molecule has 0 spiro atoms. The fourth-order valence-electron chi connectivity index (χ4n) is 1.94. The molecule has 0 saturated carbocycles. The summed E-state index contributed by atoms with van der Waals surface area (Å²) < 4.78 is 7.13. The predicted octanol–water partition coefficient (Wildman–Crippen LogP) is 2.54. The zero-order chi connectivity index (χ0) is 12.7. The van der Waals surface area contributed by atoms with Gasteiger partial charge in [0.25, 0.3) is 0 Å². The van der Waals surface area contributed by atoms with Crippen LogP contribution in [0.15, 0.2) is 12.4 Å². The van der Waals surface area contributed by atoms with Crippen LogP contribution in [0, 0.1) is 0 Å².